The van der Waals surface area contributed by atoms with Crippen LogP contribution in [-0.4, -0.2) is 67.4 Å². The molecule has 0 amide bonds. The van der Waals surface area contributed by atoms with Crippen molar-refractivity contribution in [3.8, 4) is 5.75 Å². The van der Waals surface area contributed by atoms with Crippen LogP contribution < -0.4 is 4.74 Å². The van der Waals surface area contributed by atoms with E-state index in [0.717, 1.165) is 74.6 Å². The molecule has 3 unspecified atom stereocenters. The summed E-state index contributed by atoms with van der Waals surface area (Å²) in [6.45, 7) is 9.64. The van der Waals surface area contributed by atoms with E-state index in [1.807, 2.05) is 30.3 Å². The normalized spacial score (nSPS) is 28.4. The zero-order valence-electron chi connectivity index (χ0n) is 18.9. The van der Waals surface area contributed by atoms with Crippen LogP contribution in [0.5, 0.6) is 5.75 Å². The minimum atomic E-state index is -1.02. The van der Waals surface area contributed by atoms with Gasteiger partial charge in [-0.2, -0.15) is 0 Å². The van der Waals surface area contributed by atoms with Gasteiger partial charge in [0.05, 0.1) is 19.0 Å². The van der Waals surface area contributed by atoms with E-state index in [1.54, 1.807) is 13.4 Å². The topological polar surface area (TPSA) is 49.1 Å². The van der Waals surface area contributed by atoms with Gasteiger partial charge < -0.3 is 24.1 Å². The molecule has 2 aliphatic rings. The molecule has 1 saturated carbocycles. The molecule has 4 rings (SSSR count). The first-order valence-electron chi connectivity index (χ1n) is 11.5. The van der Waals surface area contributed by atoms with Gasteiger partial charge in [-0.05, 0) is 49.2 Å². The number of benzene rings is 1. The molecule has 5 nitrogen and oxygen atoms in total. The molecule has 3 atom stereocenters. The van der Waals surface area contributed by atoms with Gasteiger partial charge in [-0.15, -0.1) is 0 Å². The molecular weight excluding hydrogens is 388 g/mol. The Bertz CT molecular complexity index is 857. The van der Waals surface area contributed by atoms with Crippen molar-refractivity contribution in [2.75, 3.05) is 46.9 Å². The summed E-state index contributed by atoms with van der Waals surface area (Å²) in [6, 6.07) is 12.0. The van der Waals surface area contributed by atoms with Gasteiger partial charge in [0.2, 0.25) is 0 Å². The molecule has 1 aliphatic heterocycles. The third-order valence-corrected chi connectivity index (χ3v) is 7.31. The Labute approximate surface area is 186 Å². The minimum absolute atomic E-state index is 0.0344. The first-order valence-corrected chi connectivity index (χ1v) is 11.5. The number of rotatable bonds is 6. The molecule has 168 valence electrons. The van der Waals surface area contributed by atoms with E-state index >= 15 is 0 Å². The molecule has 5 heteroatoms. The monoisotopic (exact) mass is 424 g/mol. The number of nitrogens with zero attached hydrogens (tertiary/aromatic N) is 2. The molecule has 2 fully saturated rings. The smallest absolute Gasteiger partial charge is 0.122 e. The molecule has 1 N–H and O–H groups in total. The number of hydrogen-bond donors (Lipinski definition) is 1. The summed E-state index contributed by atoms with van der Waals surface area (Å²) in [6.07, 6.45) is 5.21. The molecule has 2 aromatic rings. The van der Waals surface area contributed by atoms with Crippen LogP contribution in [0.15, 0.2) is 59.2 Å². The lowest BCUT2D eigenvalue weighted by Gasteiger charge is -2.42. The summed E-state index contributed by atoms with van der Waals surface area (Å²) < 4.78 is 11.4. The first-order chi connectivity index (χ1) is 15.0. The number of furan rings is 1. The van der Waals surface area contributed by atoms with Crippen LogP contribution in [0.1, 0.15) is 36.5 Å². The van der Waals surface area contributed by atoms with Crippen molar-refractivity contribution in [3.63, 3.8) is 0 Å². The molecule has 31 heavy (non-hydrogen) atoms. The van der Waals surface area contributed by atoms with E-state index < -0.39 is 5.60 Å². The van der Waals surface area contributed by atoms with Crippen molar-refractivity contribution in [1.82, 2.24) is 9.80 Å². The second kappa shape index (κ2) is 9.60. The number of ether oxygens (including phenoxy) is 1. The lowest BCUT2D eigenvalue weighted by atomic mass is 9.73. The number of methoxy groups -OCH3 is 1. The fourth-order valence-electron chi connectivity index (χ4n) is 5.33. The summed E-state index contributed by atoms with van der Waals surface area (Å²) in [5.74, 6) is 1.88. The van der Waals surface area contributed by atoms with Crippen LogP contribution in [0.3, 0.4) is 0 Å². The molecule has 1 aliphatic carbocycles. The summed E-state index contributed by atoms with van der Waals surface area (Å²) in [4.78, 5) is 4.88. The van der Waals surface area contributed by atoms with Crippen molar-refractivity contribution >= 4 is 0 Å². The second-order valence-electron chi connectivity index (χ2n) is 9.24. The van der Waals surface area contributed by atoms with Crippen molar-refractivity contribution in [2.24, 2.45) is 5.92 Å². The third-order valence-electron chi connectivity index (χ3n) is 7.31. The van der Waals surface area contributed by atoms with Crippen molar-refractivity contribution in [2.45, 2.75) is 37.2 Å². The van der Waals surface area contributed by atoms with E-state index in [4.69, 9.17) is 9.15 Å². The van der Waals surface area contributed by atoms with Gasteiger partial charge in [0.15, 0.2) is 0 Å². The van der Waals surface area contributed by atoms with Gasteiger partial charge in [0.1, 0.15) is 11.5 Å². The average molecular weight is 425 g/mol. The molecule has 1 aromatic heterocycles. The van der Waals surface area contributed by atoms with E-state index in [2.05, 4.69) is 29.5 Å². The Balaban J connectivity index is 1.66. The highest BCUT2D eigenvalue weighted by Crippen LogP contribution is 2.46. The van der Waals surface area contributed by atoms with E-state index in [1.165, 1.54) is 0 Å². The molecule has 2 heterocycles. The molecule has 1 saturated heterocycles. The lowest BCUT2D eigenvalue weighted by Crippen LogP contribution is -2.51. The van der Waals surface area contributed by atoms with E-state index in [-0.39, 0.29) is 11.8 Å². The van der Waals surface area contributed by atoms with Crippen molar-refractivity contribution < 1.29 is 14.3 Å². The fraction of sp³-hybridized carbons (Fsp3) is 0.538. The Morgan fingerprint density at radius 3 is 2.61 bits per heavy atom. The molecular formula is C26H36N2O3. The van der Waals surface area contributed by atoms with Gasteiger partial charge in [-0.3, -0.25) is 0 Å². The van der Waals surface area contributed by atoms with Crippen LogP contribution >= 0.6 is 0 Å². The van der Waals surface area contributed by atoms with Gasteiger partial charge in [-0.25, -0.2) is 0 Å². The van der Waals surface area contributed by atoms with Crippen molar-refractivity contribution in [3.05, 3.63) is 66.1 Å². The van der Waals surface area contributed by atoms with Gasteiger partial charge >= 0.3 is 0 Å². The molecule has 1 aromatic carbocycles. The highest BCUT2D eigenvalue weighted by Gasteiger charge is 2.45. The summed E-state index contributed by atoms with van der Waals surface area (Å²) in [5.41, 5.74) is 0.883. The fourth-order valence-corrected chi connectivity index (χ4v) is 5.33. The SMILES string of the molecule is C=C1C(c2ccco2)CCCC(CN2CCN(C)CC2)C1(O)Cc1ccccc1OC. The summed E-state index contributed by atoms with van der Waals surface area (Å²) >= 11 is 0. The predicted octanol–water partition coefficient (Wildman–Crippen LogP) is 3.95. The predicted molar refractivity (Wildman–Crippen MR) is 124 cm³/mol. The van der Waals surface area contributed by atoms with Crippen LogP contribution in [-0.2, 0) is 6.42 Å². The van der Waals surface area contributed by atoms with Gasteiger partial charge in [-0.1, -0.05) is 31.2 Å². The largest absolute Gasteiger partial charge is 0.496 e. The minimum Gasteiger partial charge on any atom is -0.496 e. The molecule has 0 radical (unpaired) electrons. The zero-order chi connectivity index (χ0) is 21.8. The lowest BCUT2D eigenvalue weighted by molar-refractivity contribution is -0.00876. The maximum atomic E-state index is 12.4. The highest BCUT2D eigenvalue weighted by molar-refractivity contribution is 5.39. The number of para-hydroxylation sites is 1. The third kappa shape index (κ3) is 4.74. The number of aliphatic hydroxyl groups is 1. The summed E-state index contributed by atoms with van der Waals surface area (Å²) in [5, 5.41) is 12.4. The molecule has 0 spiro atoms. The maximum absolute atomic E-state index is 12.4. The highest BCUT2D eigenvalue weighted by atomic mass is 16.5. The van der Waals surface area contributed by atoms with Crippen LogP contribution in [0.25, 0.3) is 0 Å². The second-order valence-corrected chi connectivity index (χ2v) is 9.24. The number of hydrogen-bond acceptors (Lipinski definition) is 5. The maximum Gasteiger partial charge on any atom is 0.122 e. The van der Waals surface area contributed by atoms with Crippen LogP contribution in [0, 0.1) is 5.92 Å². The van der Waals surface area contributed by atoms with Crippen LogP contribution in [0.2, 0.25) is 0 Å². The first kappa shape index (κ1) is 22.1. The number of piperazine rings is 1. The number of likely N-dealkylation sites (N-methyl/N-ethyl adjacent to an activating group) is 1. The standard InChI is InChI=1S/C26H36N2O3/c1-20-23(25-12-7-17-31-25)10-6-9-22(19-28-15-13-27(2)14-16-28)26(20,29)18-21-8-4-5-11-24(21)30-3/h4-5,7-8,11-12,17,22-23,29H,1,6,9-10,13-16,18-19H2,2-3H3. The molecule has 0 bridgehead atoms. The van der Waals surface area contributed by atoms with E-state index in [0.29, 0.717) is 6.42 Å². The average Bonchev–Trinajstić information content (AvgIpc) is 3.28. The van der Waals surface area contributed by atoms with Crippen LogP contribution in [0.4, 0.5) is 0 Å². The summed E-state index contributed by atoms with van der Waals surface area (Å²) in [7, 11) is 3.87. The van der Waals surface area contributed by atoms with E-state index in [9.17, 15) is 5.11 Å². The quantitative estimate of drug-likeness (QED) is 0.562. The zero-order valence-corrected chi connectivity index (χ0v) is 18.9. The Morgan fingerprint density at radius 2 is 1.90 bits per heavy atom. The Morgan fingerprint density at radius 1 is 1.13 bits per heavy atom. The van der Waals surface area contributed by atoms with Gasteiger partial charge in [0, 0.05) is 51.0 Å². The Hall–Kier alpha value is -2.08. The van der Waals surface area contributed by atoms with Crippen molar-refractivity contribution in [1.29, 1.82) is 0 Å². The van der Waals surface area contributed by atoms with Gasteiger partial charge in [0.25, 0.3) is 0 Å². The Kier molecular flexibility index (Phi) is 6.85.